The fourth-order valence-electron chi connectivity index (χ4n) is 12.6. The van der Waals surface area contributed by atoms with Gasteiger partial charge < -0.3 is 29.4 Å². The fraction of sp³-hybridized carbons (Fsp3) is 0.0909. The normalized spacial score (nSPS) is 11.1. The SMILES string of the molecule is Cc1ccc(N(c2ccc(C)cc2)c2ccc(N(c3ccc(N(c4ccc(C)cc4)c4ccc(C)cc4)cc3)c3ccc(N(c4ccc(N(c5ccc(C)cc5)c5ccc(C)cc5)cc4)c4ccc(N(c5ccc(C)cc5)c5ccc(C)cc5)cc4)c4nccnc34)cc2)cc1. The molecule has 1 aromatic heterocycles. The van der Waals surface area contributed by atoms with E-state index in [1.54, 1.807) is 0 Å². The Labute approximate surface area is 565 Å². The average Bonchev–Trinajstić information content (AvgIpc) is 0.759. The van der Waals surface area contributed by atoms with E-state index in [0.29, 0.717) is 0 Å². The van der Waals surface area contributed by atoms with Gasteiger partial charge in [-0.25, -0.2) is 0 Å². The zero-order valence-corrected chi connectivity index (χ0v) is 55.6. The molecule has 14 aromatic rings. The van der Waals surface area contributed by atoms with Crippen LogP contribution < -0.4 is 29.4 Å². The first kappa shape index (κ1) is 61.5. The lowest BCUT2D eigenvalue weighted by Crippen LogP contribution is -2.16. The zero-order valence-electron chi connectivity index (χ0n) is 55.6. The van der Waals surface area contributed by atoms with E-state index in [1.165, 1.54) is 44.5 Å². The maximum absolute atomic E-state index is 5.33. The Morgan fingerprint density at radius 3 is 0.396 bits per heavy atom. The number of aromatic nitrogens is 2. The summed E-state index contributed by atoms with van der Waals surface area (Å²) in [6.45, 7) is 17.1. The van der Waals surface area contributed by atoms with Crippen molar-refractivity contribution in [2.45, 2.75) is 55.4 Å². The van der Waals surface area contributed by atoms with Crippen molar-refractivity contribution in [3.05, 3.63) is 360 Å². The molecule has 13 aromatic carbocycles. The lowest BCUT2D eigenvalue weighted by molar-refractivity contribution is 1.21. The van der Waals surface area contributed by atoms with Crippen LogP contribution in [0.15, 0.2) is 316 Å². The van der Waals surface area contributed by atoms with Gasteiger partial charge in [-0.1, -0.05) is 142 Å². The van der Waals surface area contributed by atoms with Crippen molar-refractivity contribution < 1.29 is 0 Å². The molecule has 96 heavy (non-hydrogen) atoms. The van der Waals surface area contributed by atoms with Crippen LogP contribution in [0, 0.1) is 55.4 Å². The minimum absolute atomic E-state index is 0.734. The second-order valence-corrected chi connectivity index (χ2v) is 25.1. The van der Waals surface area contributed by atoms with Crippen LogP contribution in [-0.2, 0) is 0 Å². The topological polar surface area (TPSA) is 45.2 Å². The van der Waals surface area contributed by atoms with E-state index in [4.69, 9.17) is 9.97 Å². The Morgan fingerprint density at radius 1 is 0.146 bits per heavy atom. The quantitative estimate of drug-likeness (QED) is 0.0842. The third kappa shape index (κ3) is 12.9. The van der Waals surface area contributed by atoms with Crippen molar-refractivity contribution in [1.82, 2.24) is 9.97 Å². The molecule has 468 valence electrons. The second-order valence-electron chi connectivity index (χ2n) is 25.1. The smallest absolute Gasteiger partial charge is 0.115 e. The third-order valence-corrected chi connectivity index (χ3v) is 17.9. The first-order valence-electron chi connectivity index (χ1n) is 32.8. The Hall–Kier alpha value is -12.0. The molecule has 0 aliphatic rings. The molecule has 0 unspecified atom stereocenters. The first-order chi connectivity index (χ1) is 46.8. The first-order valence-corrected chi connectivity index (χ1v) is 32.8. The zero-order chi connectivity index (χ0) is 65.8. The number of rotatable bonds is 18. The summed E-state index contributed by atoms with van der Waals surface area (Å²) in [5.74, 6) is 0. The van der Waals surface area contributed by atoms with E-state index in [9.17, 15) is 0 Å². The largest absolute Gasteiger partial charge is 0.311 e. The molecule has 0 fully saturated rings. The Morgan fingerprint density at radius 2 is 0.260 bits per heavy atom. The summed E-state index contributed by atoms with van der Waals surface area (Å²) in [5, 5.41) is 0. The van der Waals surface area contributed by atoms with E-state index < -0.39 is 0 Å². The minimum Gasteiger partial charge on any atom is -0.311 e. The number of benzene rings is 13. The van der Waals surface area contributed by atoms with Gasteiger partial charge in [0.25, 0.3) is 0 Å². The third-order valence-electron chi connectivity index (χ3n) is 17.9. The molecule has 8 heteroatoms. The molecular formula is C88H76N8. The highest BCUT2D eigenvalue weighted by Gasteiger charge is 2.26. The highest BCUT2D eigenvalue weighted by molar-refractivity contribution is 6.04. The van der Waals surface area contributed by atoms with Crippen molar-refractivity contribution >= 4 is 113 Å². The van der Waals surface area contributed by atoms with Crippen LogP contribution in [0.25, 0.3) is 11.0 Å². The monoisotopic (exact) mass is 1240 g/mol. The van der Waals surface area contributed by atoms with Gasteiger partial charge in [-0.05, 0) is 262 Å². The van der Waals surface area contributed by atoms with Crippen LogP contribution in [0.4, 0.5) is 102 Å². The van der Waals surface area contributed by atoms with E-state index in [1.807, 2.05) is 12.4 Å². The number of anilines is 18. The molecule has 0 atom stereocenters. The Bertz CT molecular complexity index is 4160. The summed E-state index contributed by atoms with van der Waals surface area (Å²) in [6.07, 6.45) is 3.62. The highest BCUT2D eigenvalue weighted by atomic mass is 15.2. The minimum atomic E-state index is 0.734. The van der Waals surface area contributed by atoms with Crippen molar-refractivity contribution in [3.8, 4) is 0 Å². The maximum atomic E-state index is 5.33. The second kappa shape index (κ2) is 26.9. The molecule has 0 N–H and O–H groups in total. The van der Waals surface area contributed by atoms with Gasteiger partial charge in [0.15, 0.2) is 0 Å². The molecule has 0 spiro atoms. The molecule has 8 nitrogen and oxygen atoms in total. The van der Waals surface area contributed by atoms with E-state index in [2.05, 4.69) is 388 Å². The van der Waals surface area contributed by atoms with Crippen molar-refractivity contribution in [2.75, 3.05) is 29.4 Å². The molecule has 0 aliphatic carbocycles. The summed E-state index contributed by atoms with van der Waals surface area (Å²) in [7, 11) is 0. The summed E-state index contributed by atoms with van der Waals surface area (Å²) < 4.78 is 0. The highest BCUT2D eigenvalue weighted by Crippen LogP contribution is 2.48. The van der Waals surface area contributed by atoms with Gasteiger partial charge in [-0.15, -0.1) is 0 Å². The molecule has 0 radical (unpaired) electrons. The van der Waals surface area contributed by atoms with E-state index in [-0.39, 0.29) is 0 Å². The number of hydrogen-bond acceptors (Lipinski definition) is 8. The van der Waals surface area contributed by atoms with Crippen LogP contribution in [-0.4, -0.2) is 9.97 Å². The summed E-state index contributed by atoms with van der Waals surface area (Å²) in [5.41, 5.74) is 29.4. The van der Waals surface area contributed by atoms with E-state index in [0.717, 1.165) is 113 Å². The molecule has 0 bridgehead atoms. The Balaban J connectivity index is 0.930. The standard InChI is InChI=1S/C88H76N8/c1-61-9-25-69(26-10-61)91(70-27-11-62(2)12-28-70)77-41-49-81(50-42-77)95(82-51-43-78(44-52-82)92(71-29-13-63(3)14-30-71)72-31-15-64(4)16-32-72)85-57-58-86(88-87(85)89-59-60-90-88)96(83-53-45-79(46-54-83)93(73-33-17-65(5)18-34-73)74-35-19-66(6)20-36-74)84-55-47-80(48-56-84)94(75-37-21-67(7)22-38-75)76-39-23-68(8)24-40-76/h9-60H,1-8H3. The van der Waals surface area contributed by atoms with Crippen LogP contribution in [0.2, 0.25) is 0 Å². The van der Waals surface area contributed by atoms with Crippen molar-refractivity contribution in [1.29, 1.82) is 0 Å². The molecule has 0 saturated heterocycles. The van der Waals surface area contributed by atoms with Crippen LogP contribution in [0.3, 0.4) is 0 Å². The summed E-state index contributed by atoms with van der Waals surface area (Å²) in [6, 6.07) is 110. The van der Waals surface area contributed by atoms with Gasteiger partial charge in [0.2, 0.25) is 0 Å². The molecular weight excluding hydrogens is 1170 g/mol. The molecule has 0 aliphatic heterocycles. The lowest BCUT2D eigenvalue weighted by atomic mass is 10.1. The van der Waals surface area contributed by atoms with Crippen LogP contribution in [0.1, 0.15) is 44.5 Å². The van der Waals surface area contributed by atoms with Gasteiger partial charge in [0.05, 0.1) is 11.4 Å². The van der Waals surface area contributed by atoms with Gasteiger partial charge in [0, 0.05) is 103 Å². The van der Waals surface area contributed by atoms with Gasteiger partial charge in [0.1, 0.15) is 11.0 Å². The van der Waals surface area contributed by atoms with Crippen molar-refractivity contribution in [2.24, 2.45) is 0 Å². The summed E-state index contributed by atoms with van der Waals surface area (Å²) in [4.78, 5) is 24.6. The van der Waals surface area contributed by atoms with Crippen LogP contribution >= 0.6 is 0 Å². The predicted molar refractivity (Wildman–Crippen MR) is 406 cm³/mol. The Kier molecular flexibility index (Phi) is 17.2. The average molecular weight is 1250 g/mol. The number of fused-ring (bicyclic) bond motifs is 1. The van der Waals surface area contributed by atoms with Crippen LogP contribution in [0.5, 0.6) is 0 Å². The number of hydrogen-bond donors (Lipinski definition) is 0. The van der Waals surface area contributed by atoms with Crippen molar-refractivity contribution in [3.63, 3.8) is 0 Å². The number of nitrogens with zero attached hydrogens (tertiary/aromatic N) is 8. The van der Waals surface area contributed by atoms with Gasteiger partial charge >= 0.3 is 0 Å². The fourth-order valence-corrected chi connectivity index (χ4v) is 12.6. The van der Waals surface area contributed by atoms with Gasteiger partial charge in [-0.3, -0.25) is 9.97 Å². The number of aryl methyl sites for hydroxylation is 8. The lowest BCUT2D eigenvalue weighted by Gasteiger charge is -2.32. The predicted octanol–water partition coefficient (Wildman–Crippen LogP) is 24.9. The maximum Gasteiger partial charge on any atom is 0.115 e. The van der Waals surface area contributed by atoms with E-state index >= 15 is 0 Å². The molecule has 0 amide bonds. The summed E-state index contributed by atoms with van der Waals surface area (Å²) >= 11 is 0. The molecule has 1 heterocycles. The molecule has 14 rings (SSSR count). The van der Waals surface area contributed by atoms with Gasteiger partial charge in [-0.2, -0.15) is 0 Å². The molecule has 0 saturated carbocycles.